The minimum atomic E-state index is -0.269. The summed E-state index contributed by atoms with van der Waals surface area (Å²) in [6.45, 7) is 0.189. The van der Waals surface area contributed by atoms with Crippen molar-refractivity contribution in [2.45, 2.75) is 0 Å². The molecule has 3 aromatic rings. The number of aromatic nitrogens is 4. The molecule has 2 heterocycles. The van der Waals surface area contributed by atoms with Gasteiger partial charge in [-0.05, 0) is 34.7 Å². The van der Waals surface area contributed by atoms with Crippen molar-refractivity contribution in [3.05, 3.63) is 54.4 Å². The first-order valence-electron chi connectivity index (χ1n) is 6.85. The summed E-state index contributed by atoms with van der Waals surface area (Å²) in [7, 11) is 0. The van der Waals surface area contributed by atoms with Gasteiger partial charge in [0.1, 0.15) is 6.33 Å². The molecule has 0 radical (unpaired) electrons. The van der Waals surface area contributed by atoms with Crippen molar-refractivity contribution in [3.63, 3.8) is 0 Å². The fourth-order valence-electron chi connectivity index (χ4n) is 2.31. The quantitative estimate of drug-likeness (QED) is 0.791. The molecule has 0 unspecified atom stereocenters. The number of hydrogen-bond donors (Lipinski definition) is 1. The van der Waals surface area contributed by atoms with Crippen molar-refractivity contribution < 1.29 is 14.3 Å². The number of nitrogens with one attached hydrogen (secondary N) is 1. The maximum atomic E-state index is 12.6. The molecule has 23 heavy (non-hydrogen) atoms. The van der Waals surface area contributed by atoms with Crippen molar-refractivity contribution >= 4 is 11.6 Å². The standard InChI is InChI=1S/C15H11N5O3/c21-15(17-10-5-6-13-14(7-10)23-9-22-13)11-3-1-2-4-12(11)20-8-16-18-19-20/h1-8H,9H2,(H,17,21). The van der Waals surface area contributed by atoms with Crippen LogP contribution in [0.2, 0.25) is 0 Å². The van der Waals surface area contributed by atoms with Crippen LogP contribution in [0.3, 0.4) is 0 Å². The van der Waals surface area contributed by atoms with Gasteiger partial charge in [-0.1, -0.05) is 12.1 Å². The second kappa shape index (κ2) is 5.41. The second-order valence-corrected chi connectivity index (χ2v) is 4.79. The summed E-state index contributed by atoms with van der Waals surface area (Å²) < 4.78 is 12.0. The summed E-state index contributed by atoms with van der Waals surface area (Å²) in [6, 6.07) is 12.3. The van der Waals surface area contributed by atoms with E-state index >= 15 is 0 Å². The van der Waals surface area contributed by atoms with Crippen molar-refractivity contribution in [3.8, 4) is 17.2 Å². The van der Waals surface area contributed by atoms with Crippen LogP contribution in [0, 0.1) is 0 Å². The number of carbonyl (C=O) groups is 1. The fraction of sp³-hybridized carbons (Fsp3) is 0.0667. The Hall–Kier alpha value is -3.42. The number of fused-ring (bicyclic) bond motifs is 1. The lowest BCUT2D eigenvalue weighted by Gasteiger charge is -2.09. The average molecular weight is 309 g/mol. The molecule has 2 aromatic carbocycles. The number of carbonyl (C=O) groups excluding carboxylic acids is 1. The Morgan fingerprint density at radius 3 is 2.87 bits per heavy atom. The second-order valence-electron chi connectivity index (χ2n) is 4.79. The SMILES string of the molecule is O=C(Nc1ccc2c(c1)OCO2)c1ccccc1-n1cnnn1. The van der Waals surface area contributed by atoms with Gasteiger partial charge in [-0.3, -0.25) is 4.79 Å². The maximum absolute atomic E-state index is 12.6. The van der Waals surface area contributed by atoms with Gasteiger partial charge in [0.05, 0.1) is 11.3 Å². The van der Waals surface area contributed by atoms with Crippen molar-refractivity contribution in [2.75, 3.05) is 12.1 Å². The fourth-order valence-corrected chi connectivity index (χ4v) is 2.31. The highest BCUT2D eigenvalue weighted by Crippen LogP contribution is 2.34. The Labute approximate surface area is 130 Å². The first-order chi connectivity index (χ1) is 11.3. The number of para-hydroxylation sites is 1. The summed E-state index contributed by atoms with van der Waals surface area (Å²) in [4.78, 5) is 12.6. The Kier molecular flexibility index (Phi) is 3.12. The number of ether oxygens (including phenoxy) is 2. The Morgan fingerprint density at radius 2 is 2.00 bits per heavy atom. The van der Waals surface area contributed by atoms with E-state index in [0.717, 1.165) is 0 Å². The summed E-state index contributed by atoms with van der Waals surface area (Å²) in [6.07, 6.45) is 1.44. The van der Waals surface area contributed by atoms with E-state index in [1.165, 1.54) is 11.0 Å². The van der Waals surface area contributed by atoms with E-state index < -0.39 is 0 Å². The lowest BCUT2D eigenvalue weighted by Crippen LogP contribution is -2.15. The zero-order valence-corrected chi connectivity index (χ0v) is 11.8. The lowest BCUT2D eigenvalue weighted by molar-refractivity contribution is 0.102. The summed E-state index contributed by atoms with van der Waals surface area (Å²) in [5, 5.41) is 13.8. The molecule has 0 saturated carbocycles. The topological polar surface area (TPSA) is 91.2 Å². The predicted octanol–water partition coefficient (Wildman–Crippen LogP) is 1.64. The molecule has 1 amide bonds. The number of hydrogen-bond acceptors (Lipinski definition) is 6. The zero-order chi connectivity index (χ0) is 15.6. The van der Waals surface area contributed by atoms with Gasteiger partial charge in [0.25, 0.3) is 5.91 Å². The minimum absolute atomic E-state index is 0.189. The largest absolute Gasteiger partial charge is 0.454 e. The summed E-state index contributed by atoms with van der Waals surface area (Å²) in [5.74, 6) is 1.00. The molecular weight excluding hydrogens is 298 g/mol. The maximum Gasteiger partial charge on any atom is 0.257 e. The van der Waals surface area contributed by atoms with E-state index in [1.54, 1.807) is 36.4 Å². The van der Waals surface area contributed by atoms with Crippen LogP contribution >= 0.6 is 0 Å². The molecule has 0 bridgehead atoms. The number of anilines is 1. The van der Waals surface area contributed by atoms with Crippen LogP contribution in [0.1, 0.15) is 10.4 Å². The molecule has 4 rings (SSSR count). The first kappa shape index (κ1) is 13.3. The van der Waals surface area contributed by atoms with Gasteiger partial charge < -0.3 is 14.8 Å². The normalized spacial score (nSPS) is 12.2. The highest BCUT2D eigenvalue weighted by molar-refractivity contribution is 6.06. The molecule has 1 aliphatic rings. The molecule has 0 spiro atoms. The molecule has 0 saturated heterocycles. The Balaban J connectivity index is 1.63. The highest BCUT2D eigenvalue weighted by atomic mass is 16.7. The van der Waals surface area contributed by atoms with Crippen molar-refractivity contribution in [2.24, 2.45) is 0 Å². The van der Waals surface area contributed by atoms with E-state index in [1.807, 2.05) is 6.07 Å². The third kappa shape index (κ3) is 2.46. The van der Waals surface area contributed by atoms with Crippen LogP contribution in [0.25, 0.3) is 5.69 Å². The van der Waals surface area contributed by atoms with Crippen LogP contribution in [-0.4, -0.2) is 32.9 Å². The smallest absolute Gasteiger partial charge is 0.257 e. The summed E-state index contributed by atoms with van der Waals surface area (Å²) in [5.41, 5.74) is 1.67. The number of amides is 1. The van der Waals surface area contributed by atoms with Crippen LogP contribution in [0.4, 0.5) is 5.69 Å². The van der Waals surface area contributed by atoms with Gasteiger partial charge >= 0.3 is 0 Å². The van der Waals surface area contributed by atoms with Gasteiger partial charge in [0.15, 0.2) is 11.5 Å². The van der Waals surface area contributed by atoms with Gasteiger partial charge in [0.2, 0.25) is 6.79 Å². The summed E-state index contributed by atoms with van der Waals surface area (Å²) >= 11 is 0. The van der Waals surface area contributed by atoms with Crippen LogP contribution in [-0.2, 0) is 0 Å². The number of nitrogens with zero attached hydrogens (tertiary/aromatic N) is 4. The Bertz CT molecular complexity index is 863. The van der Waals surface area contributed by atoms with E-state index in [0.29, 0.717) is 28.4 Å². The van der Waals surface area contributed by atoms with Gasteiger partial charge in [0, 0.05) is 11.8 Å². The number of tetrazole rings is 1. The Morgan fingerprint density at radius 1 is 1.13 bits per heavy atom. The van der Waals surface area contributed by atoms with Crippen molar-refractivity contribution in [1.82, 2.24) is 20.2 Å². The van der Waals surface area contributed by atoms with Crippen molar-refractivity contribution in [1.29, 1.82) is 0 Å². The molecule has 8 heteroatoms. The molecule has 0 fully saturated rings. The molecule has 0 aliphatic carbocycles. The van der Waals surface area contributed by atoms with E-state index in [9.17, 15) is 4.79 Å². The van der Waals surface area contributed by atoms with Crippen LogP contribution < -0.4 is 14.8 Å². The van der Waals surface area contributed by atoms with E-state index in [2.05, 4.69) is 20.8 Å². The average Bonchev–Trinajstić information content (AvgIpc) is 3.26. The van der Waals surface area contributed by atoms with Crippen LogP contribution in [0.5, 0.6) is 11.5 Å². The molecule has 1 aromatic heterocycles. The molecule has 1 aliphatic heterocycles. The van der Waals surface area contributed by atoms with Gasteiger partial charge in [-0.25, -0.2) is 0 Å². The zero-order valence-electron chi connectivity index (χ0n) is 11.8. The molecule has 1 N–H and O–H groups in total. The van der Waals surface area contributed by atoms with E-state index in [4.69, 9.17) is 9.47 Å². The van der Waals surface area contributed by atoms with Crippen LogP contribution in [0.15, 0.2) is 48.8 Å². The number of rotatable bonds is 3. The lowest BCUT2D eigenvalue weighted by atomic mass is 10.1. The molecule has 0 atom stereocenters. The minimum Gasteiger partial charge on any atom is -0.454 e. The molecule has 114 valence electrons. The molecule has 8 nitrogen and oxygen atoms in total. The number of benzene rings is 2. The predicted molar refractivity (Wildman–Crippen MR) is 79.7 cm³/mol. The molecular formula is C15H11N5O3. The van der Waals surface area contributed by atoms with E-state index in [-0.39, 0.29) is 12.7 Å². The monoisotopic (exact) mass is 309 g/mol. The first-order valence-corrected chi connectivity index (χ1v) is 6.85. The van der Waals surface area contributed by atoms with Gasteiger partial charge in [-0.2, -0.15) is 4.68 Å². The third-order valence-corrected chi connectivity index (χ3v) is 3.37. The van der Waals surface area contributed by atoms with Gasteiger partial charge in [-0.15, -0.1) is 5.10 Å². The third-order valence-electron chi connectivity index (χ3n) is 3.37. The highest BCUT2D eigenvalue weighted by Gasteiger charge is 2.16.